The normalized spacial score (nSPS) is 9.41. The Morgan fingerprint density at radius 1 is 0.622 bits per heavy atom. The Morgan fingerprint density at radius 2 is 0.946 bits per heavy atom. The number of hydrogen-bond donors (Lipinski definition) is 0. The fourth-order valence-electron chi connectivity index (χ4n) is 2.82. The molecular formula is C28H36O8Sn. The molecule has 0 N–H and O–H groups in total. The summed E-state index contributed by atoms with van der Waals surface area (Å²) in [5, 5.41) is 21.2. The second-order valence-electron chi connectivity index (χ2n) is 7.56. The Balaban J connectivity index is 0.000000541. The molecule has 0 atom stereocenters. The SMILES string of the molecule is CCC[CH2][Sn+2][CH2]CCC.CCOC(=O)c1ccccc1C(=O)[O-].CCOC(=O)c1ccccc1C(=O)[O-]. The molecule has 0 saturated carbocycles. The first-order chi connectivity index (χ1) is 17.7. The minimum Gasteiger partial charge on any atom is -0.545 e. The second-order valence-corrected chi connectivity index (χ2v) is 11.8. The van der Waals surface area contributed by atoms with Gasteiger partial charge in [0.2, 0.25) is 0 Å². The van der Waals surface area contributed by atoms with Crippen LogP contribution in [-0.2, 0) is 9.47 Å². The van der Waals surface area contributed by atoms with Crippen molar-refractivity contribution >= 4 is 45.0 Å². The van der Waals surface area contributed by atoms with Crippen LogP contribution in [0.3, 0.4) is 0 Å². The average Bonchev–Trinajstić information content (AvgIpc) is 2.89. The molecule has 0 aliphatic rings. The number of ether oxygens (including phenoxy) is 2. The van der Waals surface area contributed by atoms with Gasteiger partial charge in [0.25, 0.3) is 0 Å². The van der Waals surface area contributed by atoms with E-state index in [0.29, 0.717) is 0 Å². The zero-order valence-electron chi connectivity index (χ0n) is 22.0. The van der Waals surface area contributed by atoms with Crippen LogP contribution in [0.4, 0.5) is 0 Å². The molecule has 9 heteroatoms. The number of esters is 2. The van der Waals surface area contributed by atoms with Gasteiger partial charge < -0.3 is 29.3 Å². The third-order valence-electron chi connectivity index (χ3n) is 4.70. The molecule has 0 radical (unpaired) electrons. The van der Waals surface area contributed by atoms with Crippen molar-refractivity contribution in [3.63, 3.8) is 0 Å². The van der Waals surface area contributed by atoms with Crippen LogP contribution in [0.2, 0.25) is 8.87 Å². The summed E-state index contributed by atoms with van der Waals surface area (Å²) in [5.74, 6) is -4.05. The molecule has 37 heavy (non-hydrogen) atoms. The molecule has 0 bridgehead atoms. The third-order valence-corrected chi connectivity index (χ3v) is 8.74. The van der Waals surface area contributed by atoms with E-state index in [1.807, 2.05) is 0 Å². The number of hydrogen-bond acceptors (Lipinski definition) is 8. The number of carboxylic acid groups (broad SMARTS) is 2. The van der Waals surface area contributed by atoms with E-state index in [2.05, 4.69) is 23.3 Å². The van der Waals surface area contributed by atoms with Crippen molar-refractivity contribution in [3.8, 4) is 0 Å². The predicted molar refractivity (Wildman–Crippen MR) is 139 cm³/mol. The van der Waals surface area contributed by atoms with Gasteiger partial charge in [-0.1, -0.05) is 36.4 Å². The number of unbranched alkanes of at least 4 members (excludes halogenated alkanes) is 2. The molecule has 8 nitrogen and oxygen atoms in total. The average molecular weight is 619 g/mol. The summed E-state index contributed by atoms with van der Waals surface area (Å²) < 4.78 is 12.6. The van der Waals surface area contributed by atoms with Crippen LogP contribution in [0.15, 0.2) is 48.5 Å². The number of aromatic carboxylic acids is 2. The molecule has 0 aliphatic carbocycles. The molecule has 0 unspecified atom stereocenters. The van der Waals surface area contributed by atoms with E-state index in [0.717, 1.165) is 0 Å². The van der Waals surface area contributed by atoms with E-state index in [1.165, 1.54) is 62.1 Å². The fraction of sp³-hybridized carbons (Fsp3) is 0.429. The van der Waals surface area contributed by atoms with Crippen molar-refractivity contribution in [2.75, 3.05) is 13.2 Å². The topological polar surface area (TPSA) is 133 Å². The molecule has 0 heterocycles. The van der Waals surface area contributed by atoms with Gasteiger partial charge >= 0.3 is 81.5 Å². The summed E-state index contributed by atoms with van der Waals surface area (Å²) in [7, 11) is 0. The monoisotopic (exact) mass is 620 g/mol. The summed E-state index contributed by atoms with van der Waals surface area (Å²) >= 11 is 0.149. The third kappa shape index (κ3) is 14.4. The van der Waals surface area contributed by atoms with Crippen LogP contribution in [0.1, 0.15) is 94.8 Å². The van der Waals surface area contributed by atoms with Crippen molar-refractivity contribution in [3.05, 3.63) is 70.8 Å². The molecule has 200 valence electrons. The van der Waals surface area contributed by atoms with Crippen molar-refractivity contribution in [2.45, 2.75) is 62.3 Å². The number of carbonyl (C=O) groups is 4. The van der Waals surface area contributed by atoms with Crippen LogP contribution < -0.4 is 10.2 Å². The summed E-state index contributed by atoms with van der Waals surface area (Å²) in [5.41, 5.74) is -0.249. The summed E-state index contributed by atoms with van der Waals surface area (Å²) in [6, 6.07) is 11.6. The zero-order chi connectivity index (χ0) is 28.1. The molecule has 0 spiro atoms. The molecule has 2 aromatic carbocycles. The van der Waals surface area contributed by atoms with E-state index in [9.17, 15) is 29.4 Å². The van der Waals surface area contributed by atoms with Gasteiger partial charge in [0.15, 0.2) is 0 Å². The van der Waals surface area contributed by atoms with E-state index < -0.39 is 23.9 Å². The molecule has 0 saturated heterocycles. The van der Waals surface area contributed by atoms with Gasteiger partial charge in [-0.15, -0.1) is 0 Å². The van der Waals surface area contributed by atoms with Crippen molar-refractivity contribution < 1.29 is 38.9 Å². The van der Waals surface area contributed by atoms with E-state index >= 15 is 0 Å². The molecule has 2 rings (SSSR count). The molecule has 0 fully saturated rings. The Labute approximate surface area is 229 Å². The molecule has 0 aliphatic heterocycles. The standard InChI is InChI=1S/2C10H10O4.2C4H9.Sn/c2*1-2-14-10(13)8-6-4-3-5-7(8)9(11)12;2*1-3-4-2;/h2*3-6H,2H2,1H3,(H,11,12);2*1,3-4H2,2H3;/q;;;;+2/p-2. The zero-order valence-corrected chi connectivity index (χ0v) is 24.9. The van der Waals surface area contributed by atoms with Gasteiger partial charge in [0, 0.05) is 11.1 Å². The first kappa shape index (κ1) is 34.1. The Morgan fingerprint density at radius 3 is 1.22 bits per heavy atom. The van der Waals surface area contributed by atoms with Crippen LogP contribution in [-0.4, -0.2) is 58.2 Å². The Hall–Kier alpha value is -2.88. The number of benzene rings is 2. The fourth-order valence-corrected chi connectivity index (χ4v) is 6.98. The molecule has 2 aromatic rings. The predicted octanol–water partition coefficient (Wildman–Crippen LogP) is 3.58. The number of carboxylic acids is 2. The van der Waals surface area contributed by atoms with Crippen molar-refractivity contribution in [2.24, 2.45) is 0 Å². The van der Waals surface area contributed by atoms with Gasteiger partial charge in [-0.25, -0.2) is 9.59 Å². The van der Waals surface area contributed by atoms with Crippen LogP contribution in [0.5, 0.6) is 0 Å². The van der Waals surface area contributed by atoms with Gasteiger partial charge in [0.05, 0.1) is 36.3 Å². The van der Waals surface area contributed by atoms with Gasteiger partial charge in [0.1, 0.15) is 0 Å². The summed E-state index contributed by atoms with van der Waals surface area (Å²) in [6.45, 7) is 8.30. The van der Waals surface area contributed by atoms with Crippen LogP contribution in [0, 0.1) is 0 Å². The van der Waals surface area contributed by atoms with Gasteiger partial charge in [-0.2, -0.15) is 0 Å². The maximum Gasteiger partial charge on any atom is 0.338 e. The number of rotatable bonds is 12. The Kier molecular flexibility index (Phi) is 19.6. The molecule has 0 aromatic heterocycles. The molecule has 0 amide bonds. The minimum absolute atomic E-state index is 0.0225. The van der Waals surface area contributed by atoms with Crippen molar-refractivity contribution in [1.82, 2.24) is 0 Å². The molecular weight excluding hydrogens is 583 g/mol. The van der Waals surface area contributed by atoms with Crippen molar-refractivity contribution in [1.29, 1.82) is 0 Å². The van der Waals surface area contributed by atoms with Crippen LogP contribution in [0.25, 0.3) is 0 Å². The summed E-state index contributed by atoms with van der Waals surface area (Å²) in [6.07, 6.45) is 5.84. The second kappa shape index (κ2) is 21.2. The minimum atomic E-state index is -1.38. The maximum absolute atomic E-state index is 11.3. The first-order valence-corrected chi connectivity index (χ1v) is 16.4. The van der Waals surface area contributed by atoms with E-state index in [4.69, 9.17) is 0 Å². The smallest absolute Gasteiger partial charge is 0.338 e. The van der Waals surface area contributed by atoms with Crippen LogP contribution >= 0.6 is 0 Å². The maximum atomic E-state index is 11.3. The largest absolute Gasteiger partial charge is 0.545 e. The van der Waals surface area contributed by atoms with E-state index in [-0.39, 0.29) is 56.6 Å². The summed E-state index contributed by atoms with van der Waals surface area (Å²) in [4.78, 5) is 43.7. The Bertz CT molecular complexity index is 897. The van der Waals surface area contributed by atoms with E-state index in [1.54, 1.807) is 34.9 Å². The van der Waals surface area contributed by atoms with Gasteiger partial charge in [-0.3, -0.25) is 0 Å². The van der Waals surface area contributed by atoms with Gasteiger partial charge in [-0.05, 0) is 26.0 Å². The quantitative estimate of drug-likeness (QED) is 0.200. The first-order valence-electron chi connectivity index (χ1n) is 12.4. The number of carbonyl (C=O) groups excluding carboxylic acids is 4.